The predicted octanol–water partition coefficient (Wildman–Crippen LogP) is 3.07. The van der Waals surface area contributed by atoms with Crippen molar-refractivity contribution in [1.82, 2.24) is 10.6 Å². The van der Waals surface area contributed by atoms with Gasteiger partial charge in [-0.15, -0.1) is 12.4 Å². The minimum Gasteiger partial charge on any atom is -0.349 e. The van der Waals surface area contributed by atoms with Gasteiger partial charge < -0.3 is 10.6 Å². The number of nitrogens with one attached hydrogen (secondary N) is 2. The van der Waals surface area contributed by atoms with Crippen molar-refractivity contribution in [1.29, 1.82) is 0 Å². The molecule has 0 radical (unpaired) electrons. The molecule has 2 atom stereocenters. The Hall–Kier alpha value is -0.230. The third kappa shape index (κ3) is 4.15. The van der Waals surface area contributed by atoms with E-state index in [1.807, 2.05) is 17.8 Å². The zero-order valence-corrected chi connectivity index (χ0v) is 15.0. The standard InChI is InChI=1S/C15H19BrN2OS.ClH/c16-13-3-1-2-12-11(13)4-5-14(12)18-15(19)8-10-9-20-7-6-17-10;/h1-3,10,14,17H,4-9H2,(H,18,19);1H. The number of halogens is 2. The molecule has 1 amide bonds. The highest BCUT2D eigenvalue weighted by atomic mass is 79.9. The molecule has 1 aromatic carbocycles. The van der Waals surface area contributed by atoms with Crippen LogP contribution in [-0.4, -0.2) is 30.0 Å². The largest absolute Gasteiger partial charge is 0.349 e. The molecule has 21 heavy (non-hydrogen) atoms. The molecule has 116 valence electrons. The quantitative estimate of drug-likeness (QED) is 0.832. The third-order valence-electron chi connectivity index (χ3n) is 3.98. The molecule has 0 bridgehead atoms. The summed E-state index contributed by atoms with van der Waals surface area (Å²) in [4.78, 5) is 12.2. The minimum absolute atomic E-state index is 0. The zero-order valence-electron chi connectivity index (χ0n) is 11.7. The van der Waals surface area contributed by atoms with Gasteiger partial charge in [0.05, 0.1) is 6.04 Å². The molecule has 1 saturated heterocycles. The van der Waals surface area contributed by atoms with Crippen LogP contribution in [0.3, 0.4) is 0 Å². The summed E-state index contributed by atoms with van der Waals surface area (Å²) in [6.45, 7) is 1.02. The Kier molecular flexibility index (Phi) is 6.41. The second-order valence-electron chi connectivity index (χ2n) is 5.40. The van der Waals surface area contributed by atoms with E-state index in [2.05, 4.69) is 38.7 Å². The van der Waals surface area contributed by atoms with Gasteiger partial charge in [-0.25, -0.2) is 0 Å². The lowest BCUT2D eigenvalue weighted by molar-refractivity contribution is -0.122. The van der Waals surface area contributed by atoms with Gasteiger partial charge >= 0.3 is 0 Å². The molecule has 1 heterocycles. The van der Waals surface area contributed by atoms with Crippen LogP contribution in [0, 0.1) is 0 Å². The van der Waals surface area contributed by atoms with E-state index < -0.39 is 0 Å². The normalized spacial score (nSPS) is 24.0. The van der Waals surface area contributed by atoms with Crippen LogP contribution in [0.15, 0.2) is 22.7 Å². The van der Waals surface area contributed by atoms with Gasteiger partial charge in [0.15, 0.2) is 0 Å². The fraction of sp³-hybridized carbons (Fsp3) is 0.533. The highest BCUT2D eigenvalue weighted by molar-refractivity contribution is 9.10. The summed E-state index contributed by atoms with van der Waals surface area (Å²) in [6.07, 6.45) is 2.64. The van der Waals surface area contributed by atoms with Crippen molar-refractivity contribution < 1.29 is 4.79 Å². The SMILES string of the molecule is Cl.O=C(CC1CSCCN1)NC1CCc2c(Br)cccc21. The van der Waals surface area contributed by atoms with Crippen LogP contribution in [0.25, 0.3) is 0 Å². The summed E-state index contributed by atoms with van der Waals surface area (Å²) in [5.41, 5.74) is 2.63. The van der Waals surface area contributed by atoms with Crippen LogP contribution in [0.2, 0.25) is 0 Å². The first-order chi connectivity index (χ1) is 9.74. The van der Waals surface area contributed by atoms with Crippen molar-refractivity contribution in [3.8, 4) is 0 Å². The van der Waals surface area contributed by atoms with E-state index in [4.69, 9.17) is 0 Å². The number of rotatable bonds is 3. The Morgan fingerprint density at radius 1 is 1.48 bits per heavy atom. The van der Waals surface area contributed by atoms with Crippen LogP contribution in [0.4, 0.5) is 0 Å². The van der Waals surface area contributed by atoms with Crippen molar-refractivity contribution >= 4 is 46.0 Å². The number of thioether (sulfide) groups is 1. The summed E-state index contributed by atoms with van der Waals surface area (Å²) in [5.74, 6) is 2.37. The van der Waals surface area contributed by atoms with Gasteiger partial charge in [0, 0.05) is 35.0 Å². The molecule has 2 N–H and O–H groups in total. The van der Waals surface area contributed by atoms with E-state index in [-0.39, 0.29) is 24.4 Å². The fourth-order valence-corrected chi connectivity index (χ4v) is 4.52. The fourth-order valence-electron chi connectivity index (χ4n) is 2.99. The number of hydrogen-bond donors (Lipinski definition) is 2. The smallest absolute Gasteiger partial charge is 0.222 e. The number of fused-ring (bicyclic) bond motifs is 1. The van der Waals surface area contributed by atoms with Gasteiger partial charge in [0.1, 0.15) is 0 Å². The highest BCUT2D eigenvalue weighted by Gasteiger charge is 2.26. The van der Waals surface area contributed by atoms with Crippen LogP contribution in [0.5, 0.6) is 0 Å². The predicted molar refractivity (Wildman–Crippen MR) is 94.3 cm³/mol. The van der Waals surface area contributed by atoms with E-state index in [0.29, 0.717) is 12.5 Å². The molecule has 0 spiro atoms. The van der Waals surface area contributed by atoms with Crippen LogP contribution < -0.4 is 10.6 Å². The molecule has 0 saturated carbocycles. The van der Waals surface area contributed by atoms with Crippen molar-refractivity contribution in [3.63, 3.8) is 0 Å². The molecule has 2 aliphatic rings. The zero-order chi connectivity index (χ0) is 13.9. The highest BCUT2D eigenvalue weighted by Crippen LogP contribution is 2.35. The first-order valence-electron chi connectivity index (χ1n) is 7.12. The first kappa shape index (κ1) is 17.1. The molecule has 3 nitrogen and oxygen atoms in total. The Morgan fingerprint density at radius 3 is 3.10 bits per heavy atom. The monoisotopic (exact) mass is 390 g/mol. The van der Waals surface area contributed by atoms with E-state index in [1.165, 1.54) is 11.1 Å². The number of carbonyl (C=O) groups excluding carboxylic acids is 1. The van der Waals surface area contributed by atoms with Crippen LogP contribution in [0.1, 0.15) is 30.0 Å². The lowest BCUT2D eigenvalue weighted by Crippen LogP contribution is -2.41. The molecule has 6 heteroatoms. The van der Waals surface area contributed by atoms with Gasteiger partial charge in [-0.1, -0.05) is 28.1 Å². The Morgan fingerprint density at radius 2 is 2.33 bits per heavy atom. The van der Waals surface area contributed by atoms with Gasteiger partial charge in [-0.3, -0.25) is 4.79 Å². The van der Waals surface area contributed by atoms with Crippen molar-refractivity contribution in [2.75, 3.05) is 18.1 Å². The number of amides is 1. The van der Waals surface area contributed by atoms with Gasteiger partial charge in [0.2, 0.25) is 5.91 Å². The molecular formula is C15H20BrClN2OS. The minimum atomic E-state index is 0. The van der Waals surface area contributed by atoms with E-state index in [0.717, 1.165) is 35.4 Å². The number of carbonyl (C=O) groups is 1. The summed E-state index contributed by atoms with van der Waals surface area (Å²) in [6, 6.07) is 6.77. The topological polar surface area (TPSA) is 41.1 Å². The second-order valence-corrected chi connectivity index (χ2v) is 7.40. The average molecular weight is 392 g/mol. The number of benzene rings is 1. The molecule has 1 aliphatic heterocycles. The number of hydrogen-bond acceptors (Lipinski definition) is 3. The summed E-state index contributed by atoms with van der Waals surface area (Å²) >= 11 is 5.52. The van der Waals surface area contributed by atoms with Crippen LogP contribution in [-0.2, 0) is 11.2 Å². The maximum Gasteiger partial charge on any atom is 0.222 e. The molecule has 3 rings (SSSR count). The van der Waals surface area contributed by atoms with Crippen molar-refractivity contribution in [2.45, 2.75) is 31.3 Å². The van der Waals surface area contributed by atoms with Gasteiger partial charge in [0.25, 0.3) is 0 Å². The second kappa shape index (κ2) is 7.86. The van der Waals surface area contributed by atoms with Crippen LogP contribution >= 0.6 is 40.1 Å². The molecule has 1 aromatic rings. The molecule has 1 fully saturated rings. The maximum absolute atomic E-state index is 12.2. The van der Waals surface area contributed by atoms with Crippen molar-refractivity contribution in [2.24, 2.45) is 0 Å². The van der Waals surface area contributed by atoms with E-state index >= 15 is 0 Å². The van der Waals surface area contributed by atoms with E-state index in [9.17, 15) is 4.79 Å². The van der Waals surface area contributed by atoms with Gasteiger partial charge in [-0.05, 0) is 30.0 Å². The lowest BCUT2D eigenvalue weighted by atomic mass is 10.1. The Balaban J connectivity index is 0.00000161. The molecule has 2 unspecified atom stereocenters. The Bertz CT molecular complexity index is 508. The van der Waals surface area contributed by atoms with E-state index in [1.54, 1.807) is 0 Å². The average Bonchev–Trinajstić information content (AvgIpc) is 2.84. The summed E-state index contributed by atoms with van der Waals surface area (Å²) in [5, 5.41) is 6.61. The van der Waals surface area contributed by atoms with Gasteiger partial charge in [-0.2, -0.15) is 11.8 Å². The summed E-state index contributed by atoms with van der Waals surface area (Å²) in [7, 11) is 0. The summed E-state index contributed by atoms with van der Waals surface area (Å²) < 4.78 is 1.16. The van der Waals surface area contributed by atoms with Crippen molar-refractivity contribution in [3.05, 3.63) is 33.8 Å². The maximum atomic E-state index is 12.2. The third-order valence-corrected chi connectivity index (χ3v) is 5.85. The lowest BCUT2D eigenvalue weighted by Gasteiger charge is -2.23. The molecular weight excluding hydrogens is 372 g/mol. The molecule has 0 aromatic heterocycles. The Labute approximate surface area is 144 Å². The first-order valence-corrected chi connectivity index (χ1v) is 9.06. The molecule has 1 aliphatic carbocycles.